The average Bonchev–Trinajstić information content (AvgIpc) is 3.19. The van der Waals surface area contributed by atoms with Crippen molar-refractivity contribution in [2.75, 3.05) is 38.0 Å². The van der Waals surface area contributed by atoms with Crippen LogP contribution in [0, 0.1) is 17.5 Å². The van der Waals surface area contributed by atoms with Gasteiger partial charge in [0.25, 0.3) is 5.91 Å². The first-order chi connectivity index (χ1) is 12.5. The van der Waals surface area contributed by atoms with Gasteiger partial charge >= 0.3 is 0 Å². The highest BCUT2D eigenvalue weighted by Gasteiger charge is 2.26. The van der Waals surface area contributed by atoms with Gasteiger partial charge in [0.15, 0.2) is 23.2 Å². The number of benzene rings is 1. The number of anilines is 1. The standard InChI is InChI=1S/C17H16F3N3O3/c18-11-3-4-12(16(20)15(11)19)21-10-14(24)22-5-7-23(8-6-22)17(25)13-2-1-9-26-13/h1-4,9,21H,5-8,10H2. The van der Waals surface area contributed by atoms with E-state index < -0.39 is 17.5 Å². The lowest BCUT2D eigenvalue weighted by Crippen LogP contribution is -2.51. The molecule has 0 aliphatic carbocycles. The summed E-state index contributed by atoms with van der Waals surface area (Å²) in [6.07, 6.45) is 1.41. The molecule has 2 amide bonds. The number of hydrogen-bond acceptors (Lipinski definition) is 4. The van der Waals surface area contributed by atoms with Crippen LogP contribution in [0.3, 0.4) is 0 Å². The van der Waals surface area contributed by atoms with Crippen LogP contribution in [0.25, 0.3) is 0 Å². The van der Waals surface area contributed by atoms with E-state index in [-0.39, 0.29) is 29.8 Å². The minimum atomic E-state index is -1.59. The van der Waals surface area contributed by atoms with Gasteiger partial charge in [-0.3, -0.25) is 9.59 Å². The van der Waals surface area contributed by atoms with E-state index in [1.165, 1.54) is 11.2 Å². The molecule has 3 rings (SSSR count). The molecule has 0 radical (unpaired) electrons. The smallest absolute Gasteiger partial charge is 0.289 e. The molecule has 0 unspecified atom stereocenters. The number of carbonyl (C=O) groups excluding carboxylic acids is 2. The maximum Gasteiger partial charge on any atom is 0.289 e. The first kappa shape index (κ1) is 17.8. The molecule has 1 saturated heterocycles. The van der Waals surface area contributed by atoms with Crippen molar-refractivity contribution in [3.05, 3.63) is 53.7 Å². The summed E-state index contributed by atoms with van der Waals surface area (Å²) in [6.45, 7) is 1.03. The van der Waals surface area contributed by atoms with Crippen LogP contribution in [0.15, 0.2) is 34.9 Å². The number of piperazine rings is 1. The Morgan fingerprint density at radius 1 is 1.00 bits per heavy atom. The number of halogens is 3. The van der Waals surface area contributed by atoms with Crippen molar-refractivity contribution in [3.63, 3.8) is 0 Å². The molecule has 0 spiro atoms. The summed E-state index contributed by atoms with van der Waals surface area (Å²) in [4.78, 5) is 27.4. The Hall–Kier alpha value is -2.97. The second-order valence-corrected chi connectivity index (χ2v) is 5.73. The minimum Gasteiger partial charge on any atom is -0.459 e. The van der Waals surface area contributed by atoms with Gasteiger partial charge < -0.3 is 19.5 Å². The second kappa shape index (κ2) is 7.51. The van der Waals surface area contributed by atoms with E-state index in [9.17, 15) is 22.8 Å². The van der Waals surface area contributed by atoms with Crippen LogP contribution in [0.2, 0.25) is 0 Å². The highest BCUT2D eigenvalue weighted by atomic mass is 19.2. The molecule has 0 saturated carbocycles. The van der Waals surface area contributed by atoms with Gasteiger partial charge in [-0.15, -0.1) is 0 Å². The summed E-state index contributed by atoms with van der Waals surface area (Å²) in [7, 11) is 0. The third kappa shape index (κ3) is 3.66. The molecular formula is C17H16F3N3O3. The first-order valence-corrected chi connectivity index (χ1v) is 7.95. The van der Waals surface area contributed by atoms with Gasteiger partial charge in [0.1, 0.15) is 0 Å². The molecule has 26 heavy (non-hydrogen) atoms. The zero-order valence-corrected chi connectivity index (χ0v) is 13.7. The van der Waals surface area contributed by atoms with E-state index in [4.69, 9.17) is 4.42 Å². The van der Waals surface area contributed by atoms with Gasteiger partial charge in [-0.05, 0) is 24.3 Å². The average molecular weight is 367 g/mol. The Kier molecular flexibility index (Phi) is 5.15. The highest BCUT2D eigenvalue weighted by Crippen LogP contribution is 2.19. The number of furan rings is 1. The van der Waals surface area contributed by atoms with Gasteiger partial charge in [-0.2, -0.15) is 0 Å². The maximum absolute atomic E-state index is 13.6. The van der Waals surface area contributed by atoms with Crippen LogP contribution >= 0.6 is 0 Å². The molecule has 1 fully saturated rings. The number of carbonyl (C=O) groups is 2. The SMILES string of the molecule is O=C(CNc1ccc(F)c(F)c1F)N1CCN(C(=O)c2ccco2)CC1. The molecule has 1 aromatic heterocycles. The lowest BCUT2D eigenvalue weighted by atomic mass is 10.2. The summed E-state index contributed by atoms with van der Waals surface area (Å²) in [5.41, 5.74) is -0.288. The molecule has 2 aromatic rings. The normalized spacial score (nSPS) is 14.4. The van der Waals surface area contributed by atoms with E-state index in [0.717, 1.165) is 12.1 Å². The molecule has 138 valence electrons. The van der Waals surface area contributed by atoms with Gasteiger partial charge in [-0.1, -0.05) is 0 Å². The molecule has 0 bridgehead atoms. The summed E-state index contributed by atoms with van der Waals surface area (Å²) in [5.74, 6) is -4.60. The molecule has 9 heteroatoms. The summed E-state index contributed by atoms with van der Waals surface area (Å²) in [6, 6.07) is 5.00. The fourth-order valence-corrected chi connectivity index (χ4v) is 2.66. The van der Waals surface area contributed by atoms with E-state index in [1.54, 1.807) is 17.0 Å². The molecule has 2 heterocycles. The van der Waals surface area contributed by atoms with Crippen LogP contribution in [-0.2, 0) is 4.79 Å². The van der Waals surface area contributed by atoms with Gasteiger partial charge in [0, 0.05) is 26.2 Å². The summed E-state index contributed by atoms with van der Waals surface area (Å²) < 4.78 is 44.7. The third-order valence-electron chi connectivity index (χ3n) is 4.12. The minimum absolute atomic E-state index is 0.236. The van der Waals surface area contributed by atoms with Crippen LogP contribution in [0.1, 0.15) is 10.6 Å². The number of rotatable bonds is 4. The van der Waals surface area contributed by atoms with Gasteiger partial charge in [0.05, 0.1) is 18.5 Å². The second-order valence-electron chi connectivity index (χ2n) is 5.73. The lowest BCUT2D eigenvalue weighted by Gasteiger charge is -2.34. The molecular weight excluding hydrogens is 351 g/mol. The Balaban J connectivity index is 1.51. The van der Waals surface area contributed by atoms with Gasteiger partial charge in [-0.25, -0.2) is 13.2 Å². The zero-order valence-electron chi connectivity index (χ0n) is 13.7. The Morgan fingerprint density at radius 2 is 1.69 bits per heavy atom. The van der Waals surface area contributed by atoms with Crippen molar-refractivity contribution in [3.8, 4) is 0 Å². The fraction of sp³-hybridized carbons (Fsp3) is 0.294. The molecule has 1 aliphatic heterocycles. The van der Waals surface area contributed by atoms with Crippen molar-refractivity contribution < 1.29 is 27.2 Å². The Morgan fingerprint density at radius 3 is 2.35 bits per heavy atom. The summed E-state index contributed by atoms with van der Waals surface area (Å²) in [5, 5.41) is 2.47. The maximum atomic E-state index is 13.6. The Labute approximate surface area is 147 Å². The van der Waals surface area contributed by atoms with Crippen LogP contribution in [-0.4, -0.2) is 54.3 Å². The molecule has 1 N–H and O–H groups in total. The monoisotopic (exact) mass is 367 g/mol. The predicted molar refractivity (Wildman–Crippen MR) is 86.0 cm³/mol. The zero-order chi connectivity index (χ0) is 18.7. The fourth-order valence-electron chi connectivity index (χ4n) is 2.66. The third-order valence-corrected chi connectivity index (χ3v) is 4.12. The van der Waals surface area contributed by atoms with E-state index in [2.05, 4.69) is 5.32 Å². The molecule has 6 nitrogen and oxygen atoms in total. The van der Waals surface area contributed by atoms with Crippen molar-refractivity contribution in [2.24, 2.45) is 0 Å². The molecule has 0 atom stereocenters. The van der Waals surface area contributed by atoms with Crippen molar-refractivity contribution in [1.29, 1.82) is 0 Å². The topological polar surface area (TPSA) is 65.8 Å². The van der Waals surface area contributed by atoms with Crippen LogP contribution in [0.4, 0.5) is 18.9 Å². The van der Waals surface area contributed by atoms with Crippen molar-refractivity contribution >= 4 is 17.5 Å². The first-order valence-electron chi connectivity index (χ1n) is 7.95. The number of amides is 2. The van der Waals surface area contributed by atoms with Crippen LogP contribution < -0.4 is 5.32 Å². The highest BCUT2D eigenvalue weighted by molar-refractivity contribution is 5.91. The van der Waals surface area contributed by atoms with E-state index >= 15 is 0 Å². The lowest BCUT2D eigenvalue weighted by molar-refractivity contribution is -0.130. The molecule has 1 aromatic carbocycles. The van der Waals surface area contributed by atoms with E-state index in [0.29, 0.717) is 26.2 Å². The van der Waals surface area contributed by atoms with Crippen LogP contribution in [0.5, 0.6) is 0 Å². The van der Waals surface area contributed by atoms with E-state index in [1.807, 2.05) is 0 Å². The molecule has 1 aliphatic rings. The Bertz CT molecular complexity index is 803. The quantitative estimate of drug-likeness (QED) is 0.841. The number of nitrogens with one attached hydrogen (secondary N) is 1. The van der Waals surface area contributed by atoms with Gasteiger partial charge in [0.2, 0.25) is 5.91 Å². The largest absolute Gasteiger partial charge is 0.459 e. The number of hydrogen-bond donors (Lipinski definition) is 1. The number of nitrogens with zero attached hydrogens (tertiary/aromatic N) is 2. The predicted octanol–water partition coefficient (Wildman–Crippen LogP) is 2.09. The summed E-state index contributed by atoms with van der Waals surface area (Å²) >= 11 is 0. The van der Waals surface area contributed by atoms with Crippen molar-refractivity contribution in [1.82, 2.24) is 9.80 Å². The van der Waals surface area contributed by atoms with Crippen molar-refractivity contribution in [2.45, 2.75) is 0 Å².